The maximum atomic E-state index is 12.6. The fraction of sp³-hybridized carbons (Fsp3) is 0.611. The number of ether oxygens (including phenoxy) is 2. The minimum absolute atomic E-state index is 0.00318. The molecule has 0 spiro atoms. The van der Waals surface area contributed by atoms with E-state index in [0.717, 1.165) is 12.8 Å². The number of aliphatic hydroxyl groups excluding tert-OH is 1. The lowest BCUT2D eigenvalue weighted by Crippen LogP contribution is -2.40. The van der Waals surface area contributed by atoms with Crippen molar-refractivity contribution in [3.8, 4) is 11.5 Å². The van der Waals surface area contributed by atoms with Crippen LogP contribution in [0.2, 0.25) is 0 Å². The van der Waals surface area contributed by atoms with Gasteiger partial charge in [-0.2, -0.15) is 0 Å². The molecule has 1 fully saturated rings. The smallest absolute Gasteiger partial charge is 0.253 e. The summed E-state index contributed by atoms with van der Waals surface area (Å²) in [5, 5.41) is 9.66. The molecule has 1 aliphatic heterocycles. The standard InChI is InChI=1S/C18H27NO4/c1-12(2)23-16-6-5-15(11-17(16)22-4)18(21)19-9-7-14(8-10-19)13(3)20/h5-6,11-14,20H,7-10H2,1-4H3/t13-/m0/s1. The molecule has 1 aromatic rings. The van der Waals surface area contributed by atoms with Gasteiger partial charge < -0.3 is 19.5 Å². The van der Waals surface area contributed by atoms with E-state index in [2.05, 4.69) is 0 Å². The van der Waals surface area contributed by atoms with E-state index in [0.29, 0.717) is 30.2 Å². The maximum Gasteiger partial charge on any atom is 0.253 e. The monoisotopic (exact) mass is 321 g/mol. The highest BCUT2D eigenvalue weighted by Crippen LogP contribution is 2.30. The minimum Gasteiger partial charge on any atom is -0.493 e. The zero-order valence-corrected chi connectivity index (χ0v) is 14.4. The molecular formula is C18H27NO4. The topological polar surface area (TPSA) is 59.0 Å². The number of likely N-dealkylation sites (tertiary alicyclic amines) is 1. The summed E-state index contributed by atoms with van der Waals surface area (Å²) >= 11 is 0. The van der Waals surface area contributed by atoms with Gasteiger partial charge in [0.05, 0.1) is 19.3 Å². The summed E-state index contributed by atoms with van der Waals surface area (Å²) < 4.78 is 11.0. The van der Waals surface area contributed by atoms with E-state index >= 15 is 0 Å². The van der Waals surface area contributed by atoms with Crippen molar-refractivity contribution in [1.82, 2.24) is 4.90 Å². The Bertz CT molecular complexity index is 534. The van der Waals surface area contributed by atoms with Crippen LogP contribution >= 0.6 is 0 Å². The number of amides is 1. The zero-order valence-electron chi connectivity index (χ0n) is 14.4. The number of carbonyl (C=O) groups is 1. The molecule has 0 radical (unpaired) electrons. The average molecular weight is 321 g/mol. The lowest BCUT2D eigenvalue weighted by Gasteiger charge is -2.33. The van der Waals surface area contributed by atoms with Crippen molar-refractivity contribution < 1.29 is 19.4 Å². The Kier molecular flexibility index (Phi) is 5.88. The zero-order chi connectivity index (χ0) is 17.0. The highest BCUT2D eigenvalue weighted by Gasteiger charge is 2.26. The van der Waals surface area contributed by atoms with E-state index in [4.69, 9.17) is 9.47 Å². The number of piperidine rings is 1. The molecule has 1 atom stereocenters. The lowest BCUT2D eigenvalue weighted by molar-refractivity contribution is 0.0521. The van der Waals surface area contributed by atoms with Gasteiger partial charge in [0.25, 0.3) is 5.91 Å². The van der Waals surface area contributed by atoms with Crippen LogP contribution in [0.1, 0.15) is 44.0 Å². The van der Waals surface area contributed by atoms with Crippen LogP contribution in [0.25, 0.3) is 0 Å². The van der Waals surface area contributed by atoms with Crippen LogP contribution in [0.4, 0.5) is 0 Å². The number of hydrogen-bond donors (Lipinski definition) is 1. The Morgan fingerprint density at radius 3 is 2.39 bits per heavy atom. The van der Waals surface area contributed by atoms with E-state index in [1.807, 2.05) is 25.7 Å². The van der Waals surface area contributed by atoms with Gasteiger partial charge in [-0.25, -0.2) is 0 Å². The van der Waals surface area contributed by atoms with Crippen LogP contribution in [0, 0.1) is 5.92 Å². The van der Waals surface area contributed by atoms with Gasteiger partial charge in [-0.3, -0.25) is 4.79 Å². The highest BCUT2D eigenvalue weighted by atomic mass is 16.5. The first-order valence-electron chi connectivity index (χ1n) is 8.24. The summed E-state index contributed by atoms with van der Waals surface area (Å²) in [6, 6.07) is 5.30. The second-order valence-electron chi connectivity index (χ2n) is 6.40. The van der Waals surface area contributed by atoms with Gasteiger partial charge in [-0.05, 0) is 57.7 Å². The number of nitrogens with zero attached hydrogens (tertiary/aromatic N) is 1. The van der Waals surface area contributed by atoms with E-state index in [1.165, 1.54) is 0 Å². The normalized spacial score (nSPS) is 17.2. The Morgan fingerprint density at radius 2 is 1.87 bits per heavy atom. The van der Waals surface area contributed by atoms with Gasteiger partial charge in [0.1, 0.15) is 0 Å². The van der Waals surface area contributed by atoms with Crippen LogP contribution in [0.5, 0.6) is 11.5 Å². The molecule has 5 heteroatoms. The first-order chi connectivity index (χ1) is 10.9. The molecule has 1 N–H and O–H groups in total. The number of hydrogen-bond acceptors (Lipinski definition) is 4. The molecule has 0 aliphatic carbocycles. The summed E-state index contributed by atoms with van der Waals surface area (Å²) in [4.78, 5) is 14.5. The summed E-state index contributed by atoms with van der Waals surface area (Å²) in [6.07, 6.45) is 1.43. The highest BCUT2D eigenvalue weighted by molar-refractivity contribution is 5.95. The van der Waals surface area contributed by atoms with Gasteiger partial charge in [-0.15, -0.1) is 0 Å². The van der Waals surface area contributed by atoms with Crippen molar-refractivity contribution in [1.29, 1.82) is 0 Å². The Balaban J connectivity index is 2.08. The fourth-order valence-electron chi connectivity index (χ4n) is 2.92. The van der Waals surface area contributed by atoms with Gasteiger partial charge in [-0.1, -0.05) is 0 Å². The largest absolute Gasteiger partial charge is 0.493 e. The third-order valence-electron chi connectivity index (χ3n) is 4.28. The van der Waals surface area contributed by atoms with Gasteiger partial charge in [0.2, 0.25) is 0 Å². The van der Waals surface area contributed by atoms with Gasteiger partial charge in [0.15, 0.2) is 11.5 Å². The molecular weight excluding hydrogens is 294 g/mol. The SMILES string of the molecule is COc1cc(C(=O)N2CCC([C@H](C)O)CC2)ccc1OC(C)C. The molecule has 1 aromatic carbocycles. The molecule has 2 rings (SSSR count). The van der Waals surface area contributed by atoms with Crippen LogP contribution in [0.3, 0.4) is 0 Å². The second kappa shape index (κ2) is 7.68. The van der Waals surface area contributed by atoms with Crippen LogP contribution in [-0.4, -0.2) is 48.3 Å². The van der Waals surface area contributed by atoms with Crippen molar-refractivity contribution in [3.05, 3.63) is 23.8 Å². The van der Waals surface area contributed by atoms with E-state index in [-0.39, 0.29) is 24.0 Å². The van der Waals surface area contributed by atoms with Crippen molar-refractivity contribution in [2.75, 3.05) is 20.2 Å². The lowest BCUT2D eigenvalue weighted by atomic mass is 9.92. The van der Waals surface area contributed by atoms with Crippen molar-refractivity contribution in [2.24, 2.45) is 5.92 Å². The van der Waals surface area contributed by atoms with Crippen LogP contribution in [-0.2, 0) is 0 Å². The van der Waals surface area contributed by atoms with Crippen molar-refractivity contribution in [3.63, 3.8) is 0 Å². The molecule has 23 heavy (non-hydrogen) atoms. The Labute approximate surface area is 138 Å². The molecule has 0 aromatic heterocycles. The first kappa shape index (κ1) is 17.6. The number of rotatable bonds is 5. The molecule has 128 valence electrons. The molecule has 1 amide bonds. The van der Waals surface area contributed by atoms with Crippen molar-refractivity contribution >= 4 is 5.91 Å². The number of benzene rings is 1. The van der Waals surface area contributed by atoms with E-state index in [9.17, 15) is 9.90 Å². The molecule has 1 heterocycles. The second-order valence-corrected chi connectivity index (χ2v) is 6.40. The fourth-order valence-corrected chi connectivity index (χ4v) is 2.92. The van der Waals surface area contributed by atoms with Gasteiger partial charge in [0, 0.05) is 18.7 Å². The predicted molar refractivity (Wildman–Crippen MR) is 89.1 cm³/mol. The summed E-state index contributed by atoms with van der Waals surface area (Å²) in [5.41, 5.74) is 0.605. The van der Waals surface area contributed by atoms with Crippen molar-refractivity contribution in [2.45, 2.75) is 45.8 Å². The Hall–Kier alpha value is -1.75. The average Bonchev–Trinajstić information content (AvgIpc) is 2.54. The molecule has 1 saturated heterocycles. The molecule has 0 saturated carbocycles. The molecule has 5 nitrogen and oxygen atoms in total. The van der Waals surface area contributed by atoms with Gasteiger partial charge >= 0.3 is 0 Å². The molecule has 1 aliphatic rings. The first-order valence-corrected chi connectivity index (χ1v) is 8.24. The van der Waals surface area contributed by atoms with Crippen LogP contribution in [0.15, 0.2) is 18.2 Å². The number of methoxy groups -OCH3 is 1. The third-order valence-corrected chi connectivity index (χ3v) is 4.28. The predicted octanol–water partition coefficient (Wildman–Crippen LogP) is 2.72. The quantitative estimate of drug-likeness (QED) is 0.906. The number of aliphatic hydroxyl groups is 1. The molecule has 0 bridgehead atoms. The minimum atomic E-state index is -0.306. The molecule has 0 unspecified atom stereocenters. The summed E-state index contributed by atoms with van der Waals surface area (Å²) in [7, 11) is 1.57. The Morgan fingerprint density at radius 1 is 1.22 bits per heavy atom. The summed E-state index contributed by atoms with van der Waals surface area (Å²) in [5.74, 6) is 1.51. The van der Waals surface area contributed by atoms with Crippen LogP contribution < -0.4 is 9.47 Å². The third kappa shape index (κ3) is 4.38. The van der Waals surface area contributed by atoms with E-state index < -0.39 is 0 Å². The number of carbonyl (C=O) groups excluding carboxylic acids is 1. The van der Waals surface area contributed by atoms with E-state index in [1.54, 1.807) is 25.3 Å². The summed E-state index contributed by atoms with van der Waals surface area (Å²) in [6.45, 7) is 7.08. The maximum absolute atomic E-state index is 12.6.